The van der Waals surface area contributed by atoms with Crippen LogP contribution in [0.1, 0.15) is 18.9 Å². The third-order valence-corrected chi connectivity index (χ3v) is 3.51. The van der Waals surface area contributed by atoms with Gasteiger partial charge in [-0.25, -0.2) is 0 Å². The fraction of sp³-hybridized carbons (Fsp3) is 0.533. The van der Waals surface area contributed by atoms with E-state index in [-0.39, 0.29) is 12.5 Å². The number of rotatable bonds is 5. The minimum atomic E-state index is -0.727. The summed E-state index contributed by atoms with van der Waals surface area (Å²) >= 11 is 0. The zero-order valence-corrected chi connectivity index (χ0v) is 11.4. The first-order chi connectivity index (χ1) is 9.13. The molecule has 1 saturated heterocycles. The fourth-order valence-corrected chi connectivity index (χ4v) is 2.73. The van der Waals surface area contributed by atoms with Gasteiger partial charge in [-0.05, 0) is 18.9 Å². The predicted molar refractivity (Wildman–Crippen MR) is 75.2 cm³/mol. The third-order valence-electron chi connectivity index (χ3n) is 3.51. The molecule has 0 radical (unpaired) electrons. The second-order valence-corrected chi connectivity index (χ2v) is 5.36. The molecule has 2 rings (SSSR count). The van der Waals surface area contributed by atoms with E-state index in [0.717, 1.165) is 26.1 Å². The lowest BCUT2D eigenvalue weighted by molar-refractivity contribution is -0.137. The Bertz CT molecular complexity index is 408. The molecule has 19 heavy (non-hydrogen) atoms. The zero-order valence-electron chi connectivity index (χ0n) is 11.4. The summed E-state index contributed by atoms with van der Waals surface area (Å²) in [6.45, 7) is 4.92. The van der Waals surface area contributed by atoms with Crippen LogP contribution in [-0.2, 0) is 11.2 Å². The van der Waals surface area contributed by atoms with Gasteiger partial charge in [0.05, 0.1) is 6.42 Å². The number of piperazine rings is 1. The van der Waals surface area contributed by atoms with Gasteiger partial charge in [-0.1, -0.05) is 30.3 Å². The SMILES string of the molecule is CC1CN(CCc2ccccc2)CC(CC(=O)O)N1. The van der Waals surface area contributed by atoms with Crippen molar-refractivity contribution in [2.75, 3.05) is 19.6 Å². The standard InChI is InChI=1S/C15H22N2O2/c1-12-10-17(11-14(16-12)9-15(18)19)8-7-13-5-3-2-4-6-13/h2-6,12,14,16H,7-11H2,1H3,(H,18,19). The summed E-state index contributed by atoms with van der Waals surface area (Å²) < 4.78 is 0. The molecular formula is C15H22N2O2. The van der Waals surface area contributed by atoms with Crippen LogP contribution in [0.15, 0.2) is 30.3 Å². The largest absolute Gasteiger partial charge is 0.481 e. The van der Waals surface area contributed by atoms with Crippen molar-refractivity contribution >= 4 is 5.97 Å². The summed E-state index contributed by atoms with van der Waals surface area (Å²) in [5.74, 6) is -0.727. The average molecular weight is 262 g/mol. The number of nitrogens with one attached hydrogen (secondary N) is 1. The van der Waals surface area contributed by atoms with Crippen LogP contribution < -0.4 is 5.32 Å². The highest BCUT2D eigenvalue weighted by Gasteiger charge is 2.25. The minimum absolute atomic E-state index is 0.0667. The van der Waals surface area contributed by atoms with E-state index < -0.39 is 5.97 Å². The summed E-state index contributed by atoms with van der Waals surface area (Å²) in [6, 6.07) is 10.8. The first kappa shape index (κ1) is 14.0. The Morgan fingerprint density at radius 2 is 2.11 bits per heavy atom. The van der Waals surface area contributed by atoms with Crippen molar-refractivity contribution in [2.45, 2.75) is 31.8 Å². The molecule has 2 atom stereocenters. The molecule has 0 aliphatic carbocycles. The van der Waals surface area contributed by atoms with Crippen molar-refractivity contribution in [1.29, 1.82) is 0 Å². The van der Waals surface area contributed by atoms with Gasteiger partial charge in [0.15, 0.2) is 0 Å². The van der Waals surface area contributed by atoms with Crippen LogP contribution in [0.3, 0.4) is 0 Å². The van der Waals surface area contributed by atoms with E-state index in [0.29, 0.717) is 6.04 Å². The van der Waals surface area contributed by atoms with Crippen LogP contribution >= 0.6 is 0 Å². The van der Waals surface area contributed by atoms with Crippen molar-refractivity contribution < 1.29 is 9.90 Å². The first-order valence-corrected chi connectivity index (χ1v) is 6.87. The zero-order chi connectivity index (χ0) is 13.7. The van der Waals surface area contributed by atoms with E-state index in [1.54, 1.807) is 0 Å². The number of carboxylic acid groups (broad SMARTS) is 1. The summed E-state index contributed by atoms with van der Waals surface area (Å²) in [7, 11) is 0. The lowest BCUT2D eigenvalue weighted by atomic mass is 10.1. The maximum Gasteiger partial charge on any atom is 0.304 e. The number of hydrogen-bond donors (Lipinski definition) is 2. The maximum absolute atomic E-state index is 10.8. The average Bonchev–Trinajstić information content (AvgIpc) is 2.36. The van der Waals surface area contributed by atoms with Gasteiger partial charge in [-0.2, -0.15) is 0 Å². The van der Waals surface area contributed by atoms with Gasteiger partial charge in [-0.3, -0.25) is 9.69 Å². The molecule has 4 heteroatoms. The molecule has 1 fully saturated rings. The molecule has 1 aromatic carbocycles. The topological polar surface area (TPSA) is 52.6 Å². The van der Waals surface area contributed by atoms with Crippen LogP contribution in [0.25, 0.3) is 0 Å². The molecule has 4 nitrogen and oxygen atoms in total. The summed E-state index contributed by atoms with van der Waals surface area (Å²) in [6.07, 6.45) is 1.22. The van der Waals surface area contributed by atoms with E-state index in [2.05, 4.69) is 41.4 Å². The molecule has 1 aromatic rings. The van der Waals surface area contributed by atoms with E-state index in [1.165, 1.54) is 5.56 Å². The fourth-order valence-electron chi connectivity index (χ4n) is 2.73. The van der Waals surface area contributed by atoms with Crippen LogP contribution in [0.2, 0.25) is 0 Å². The molecular weight excluding hydrogens is 240 g/mol. The van der Waals surface area contributed by atoms with Crippen LogP contribution in [0.4, 0.5) is 0 Å². The molecule has 1 aliphatic rings. The van der Waals surface area contributed by atoms with E-state index in [9.17, 15) is 4.79 Å². The molecule has 0 amide bonds. The Balaban J connectivity index is 1.84. The Morgan fingerprint density at radius 3 is 2.79 bits per heavy atom. The van der Waals surface area contributed by atoms with Gasteiger partial charge in [0.1, 0.15) is 0 Å². The maximum atomic E-state index is 10.8. The van der Waals surface area contributed by atoms with Gasteiger partial charge in [0.25, 0.3) is 0 Å². The van der Waals surface area contributed by atoms with Crippen molar-refractivity contribution in [3.8, 4) is 0 Å². The highest BCUT2D eigenvalue weighted by atomic mass is 16.4. The van der Waals surface area contributed by atoms with Gasteiger partial charge in [0, 0.05) is 31.7 Å². The lowest BCUT2D eigenvalue weighted by Crippen LogP contribution is -2.56. The van der Waals surface area contributed by atoms with Gasteiger partial charge in [0.2, 0.25) is 0 Å². The van der Waals surface area contributed by atoms with Crippen LogP contribution in [-0.4, -0.2) is 47.7 Å². The molecule has 1 heterocycles. The molecule has 2 N–H and O–H groups in total. The summed E-state index contributed by atoms with van der Waals surface area (Å²) in [5, 5.41) is 12.2. The van der Waals surface area contributed by atoms with E-state index in [1.807, 2.05) is 6.07 Å². The normalized spacial score (nSPS) is 24.3. The second kappa shape index (κ2) is 6.68. The molecule has 0 spiro atoms. The van der Waals surface area contributed by atoms with Crippen molar-refractivity contribution in [3.05, 3.63) is 35.9 Å². The number of carbonyl (C=O) groups is 1. The predicted octanol–water partition coefficient (Wildman–Crippen LogP) is 1.37. The summed E-state index contributed by atoms with van der Waals surface area (Å²) in [4.78, 5) is 13.2. The quantitative estimate of drug-likeness (QED) is 0.841. The number of nitrogens with zero attached hydrogens (tertiary/aromatic N) is 1. The Labute approximate surface area is 114 Å². The van der Waals surface area contributed by atoms with Gasteiger partial charge < -0.3 is 10.4 Å². The van der Waals surface area contributed by atoms with Gasteiger partial charge >= 0.3 is 5.97 Å². The molecule has 2 unspecified atom stereocenters. The van der Waals surface area contributed by atoms with Crippen LogP contribution in [0.5, 0.6) is 0 Å². The monoisotopic (exact) mass is 262 g/mol. The molecule has 0 aromatic heterocycles. The number of carboxylic acids is 1. The summed E-state index contributed by atoms with van der Waals surface area (Å²) in [5.41, 5.74) is 1.34. The van der Waals surface area contributed by atoms with Crippen molar-refractivity contribution in [2.24, 2.45) is 0 Å². The van der Waals surface area contributed by atoms with Crippen molar-refractivity contribution in [1.82, 2.24) is 10.2 Å². The number of hydrogen-bond acceptors (Lipinski definition) is 3. The highest BCUT2D eigenvalue weighted by Crippen LogP contribution is 2.09. The number of aliphatic carboxylic acids is 1. The molecule has 1 aliphatic heterocycles. The van der Waals surface area contributed by atoms with E-state index in [4.69, 9.17) is 5.11 Å². The third kappa shape index (κ3) is 4.65. The first-order valence-electron chi connectivity index (χ1n) is 6.87. The lowest BCUT2D eigenvalue weighted by Gasteiger charge is -2.37. The Morgan fingerprint density at radius 1 is 1.37 bits per heavy atom. The minimum Gasteiger partial charge on any atom is -0.481 e. The Kier molecular flexibility index (Phi) is 4.93. The number of benzene rings is 1. The van der Waals surface area contributed by atoms with Crippen LogP contribution in [0, 0.1) is 0 Å². The van der Waals surface area contributed by atoms with E-state index >= 15 is 0 Å². The second-order valence-electron chi connectivity index (χ2n) is 5.36. The molecule has 104 valence electrons. The Hall–Kier alpha value is -1.39. The molecule has 0 bridgehead atoms. The van der Waals surface area contributed by atoms with Gasteiger partial charge in [-0.15, -0.1) is 0 Å². The van der Waals surface area contributed by atoms with Crippen molar-refractivity contribution in [3.63, 3.8) is 0 Å². The molecule has 0 saturated carbocycles. The highest BCUT2D eigenvalue weighted by molar-refractivity contribution is 5.67. The smallest absolute Gasteiger partial charge is 0.304 e.